The van der Waals surface area contributed by atoms with Gasteiger partial charge >= 0.3 is 5.97 Å². The lowest BCUT2D eigenvalue weighted by molar-refractivity contribution is -0.139. The van der Waals surface area contributed by atoms with Crippen molar-refractivity contribution < 1.29 is 14.6 Å². The van der Waals surface area contributed by atoms with Crippen LogP contribution in [-0.4, -0.2) is 17.7 Å². The predicted octanol–water partition coefficient (Wildman–Crippen LogP) is 1.50. The van der Waals surface area contributed by atoms with Crippen LogP contribution in [0.15, 0.2) is 16.6 Å². The maximum atomic E-state index is 10.8. The Kier molecular flexibility index (Phi) is 4.67. The summed E-state index contributed by atoms with van der Waals surface area (Å²) < 4.78 is 4.55. The van der Waals surface area contributed by atoms with E-state index in [-0.39, 0.29) is 6.61 Å². The highest BCUT2D eigenvalue weighted by Crippen LogP contribution is 2.04. The summed E-state index contributed by atoms with van der Waals surface area (Å²) in [6, 6.07) is 0. The standard InChI is InChI=1S/C7H11NO4/c1-3-4-12-7(10)6(8-11)5(2)9/h9H,3-4H2,1-2H3. The number of carbonyl (C=O) groups excluding carboxylic acids is 1. The number of nitrogens with zero attached hydrogens (tertiary/aromatic N) is 1. The Bertz CT molecular complexity index is 205. The molecule has 0 aromatic heterocycles. The van der Waals surface area contributed by atoms with Crippen LogP contribution in [0.3, 0.4) is 0 Å². The van der Waals surface area contributed by atoms with Gasteiger partial charge in [-0.2, -0.15) is 0 Å². The van der Waals surface area contributed by atoms with Crippen molar-refractivity contribution >= 4 is 5.97 Å². The average Bonchev–Trinajstić information content (AvgIpc) is 2.01. The van der Waals surface area contributed by atoms with Crippen molar-refractivity contribution in [1.82, 2.24) is 0 Å². The van der Waals surface area contributed by atoms with Crippen molar-refractivity contribution in [1.29, 1.82) is 0 Å². The Morgan fingerprint density at radius 2 is 2.17 bits per heavy atom. The van der Waals surface area contributed by atoms with Gasteiger partial charge in [0, 0.05) is 0 Å². The second-order valence-corrected chi connectivity index (χ2v) is 2.16. The fourth-order valence-corrected chi connectivity index (χ4v) is 0.514. The summed E-state index contributed by atoms with van der Waals surface area (Å²) in [4.78, 5) is 20.8. The molecule has 0 atom stereocenters. The second kappa shape index (κ2) is 5.29. The lowest BCUT2D eigenvalue weighted by atomic mass is 10.4. The van der Waals surface area contributed by atoms with Gasteiger partial charge in [0.2, 0.25) is 5.70 Å². The fraction of sp³-hybridized carbons (Fsp3) is 0.571. The van der Waals surface area contributed by atoms with E-state index in [0.717, 1.165) is 0 Å². The number of esters is 1. The first-order chi connectivity index (χ1) is 5.63. The number of ether oxygens (including phenoxy) is 1. The number of allylic oxidation sites excluding steroid dienone is 1. The van der Waals surface area contributed by atoms with Crippen molar-refractivity contribution in [3.63, 3.8) is 0 Å². The van der Waals surface area contributed by atoms with Gasteiger partial charge in [-0.3, -0.25) is 0 Å². The van der Waals surface area contributed by atoms with Gasteiger partial charge in [-0.05, 0) is 18.5 Å². The van der Waals surface area contributed by atoms with E-state index in [1.54, 1.807) is 0 Å². The Balaban J connectivity index is 4.25. The minimum Gasteiger partial charge on any atom is -0.510 e. The molecule has 0 fully saturated rings. The van der Waals surface area contributed by atoms with E-state index in [0.29, 0.717) is 6.42 Å². The minimum atomic E-state index is -0.883. The van der Waals surface area contributed by atoms with Crippen molar-refractivity contribution in [3.05, 3.63) is 16.4 Å². The fourth-order valence-electron chi connectivity index (χ4n) is 0.514. The molecular weight excluding hydrogens is 162 g/mol. The zero-order valence-corrected chi connectivity index (χ0v) is 7.03. The normalized spacial score (nSPS) is 11.8. The summed E-state index contributed by atoms with van der Waals surface area (Å²) in [6.07, 6.45) is 0.655. The van der Waals surface area contributed by atoms with Crippen LogP contribution in [0.1, 0.15) is 20.3 Å². The van der Waals surface area contributed by atoms with E-state index in [1.165, 1.54) is 6.92 Å². The number of aliphatic hydroxyl groups is 1. The lowest BCUT2D eigenvalue weighted by Gasteiger charge is -2.00. The van der Waals surface area contributed by atoms with Gasteiger partial charge in [0.1, 0.15) is 5.76 Å². The molecule has 0 radical (unpaired) electrons. The highest BCUT2D eigenvalue weighted by molar-refractivity contribution is 5.88. The molecule has 0 spiro atoms. The van der Waals surface area contributed by atoms with E-state index in [2.05, 4.69) is 9.91 Å². The SMILES string of the molecule is CCCOC(=O)C(N=O)=C(C)O. The third-order valence-electron chi connectivity index (χ3n) is 1.06. The van der Waals surface area contributed by atoms with Crippen LogP contribution in [0.4, 0.5) is 0 Å². The van der Waals surface area contributed by atoms with Crippen LogP contribution >= 0.6 is 0 Å². The molecule has 0 saturated heterocycles. The van der Waals surface area contributed by atoms with Gasteiger partial charge < -0.3 is 9.84 Å². The van der Waals surface area contributed by atoms with E-state index in [1.807, 2.05) is 6.92 Å². The molecule has 0 aliphatic rings. The minimum absolute atomic E-state index is 0.213. The van der Waals surface area contributed by atoms with Gasteiger partial charge in [-0.15, -0.1) is 4.91 Å². The monoisotopic (exact) mass is 173 g/mol. The number of hydrogen-bond donors (Lipinski definition) is 1. The highest BCUT2D eigenvalue weighted by atomic mass is 16.5. The third-order valence-corrected chi connectivity index (χ3v) is 1.06. The summed E-state index contributed by atoms with van der Waals surface area (Å²) in [6.45, 7) is 3.23. The Morgan fingerprint density at radius 1 is 1.58 bits per heavy atom. The Labute approximate surface area is 70.0 Å². The van der Waals surface area contributed by atoms with Crippen molar-refractivity contribution in [2.45, 2.75) is 20.3 Å². The molecule has 0 saturated carbocycles. The Hall–Kier alpha value is -1.39. The number of carbonyl (C=O) groups is 1. The molecule has 0 amide bonds. The van der Waals surface area contributed by atoms with Gasteiger partial charge in [0.05, 0.1) is 6.61 Å². The summed E-state index contributed by atoms with van der Waals surface area (Å²) in [5, 5.41) is 11.1. The van der Waals surface area contributed by atoms with Gasteiger partial charge in [-0.25, -0.2) is 4.79 Å². The number of nitroso groups, excluding NO2 is 1. The number of aliphatic hydroxyl groups excluding tert-OH is 1. The summed E-state index contributed by atoms with van der Waals surface area (Å²) >= 11 is 0. The molecule has 0 rings (SSSR count). The van der Waals surface area contributed by atoms with E-state index >= 15 is 0 Å². The first-order valence-corrected chi connectivity index (χ1v) is 3.53. The second-order valence-electron chi connectivity index (χ2n) is 2.16. The number of hydrogen-bond acceptors (Lipinski definition) is 5. The maximum Gasteiger partial charge on any atom is 0.364 e. The molecule has 0 bridgehead atoms. The molecule has 0 heterocycles. The Morgan fingerprint density at radius 3 is 2.50 bits per heavy atom. The lowest BCUT2D eigenvalue weighted by Crippen LogP contribution is -2.08. The summed E-state index contributed by atoms with van der Waals surface area (Å²) in [5.41, 5.74) is -0.566. The van der Waals surface area contributed by atoms with Crippen LogP contribution in [0.5, 0.6) is 0 Å². The van der Waals surface area contributed by atoms with Gasteiger partial charge in [0.25, 0.3) is 0 Å². The van der Waals surface area contributed by atoms with Crippen molar-refractivity contribution in [3.8, 4) is 0 Å². The first-order valence-electron chi connectivity index (χ1n) is 3.53. The van der Waals surface area contributed by atoms with Crippen LogP contribution in [0.2, 0.25) is 0 Å². The summed E-state index contributed by atoms with van der Waals surface area (Å²) in [5.74, 6) is -1.31. The van der Waals surface area contributed by atoms with Gasteiger partial charge in [-0.1, -0.05) is 6.92 Å². The zero-order valence-electron chi connectivity index (χ0n) is 7.03. The third kappa shape index (κ3) is 3.14. The van der Waals surface area contributed by atoms with Crippen LogP contribution < -0.4 is 0 Å². The van der Waals surface area contributed by atoms with E-state index < -0.39 is 17.4 Å². The molecule has 5 nitrogen and oxygen atoms in total. The zero-order chi connectivity index (χ0) is 9.56. The molecule has 0 aliphatic heterocycles. The smallest absolute Gasteiger partial charge is 0.364 e. The molecule has 68 valence electrons. The van der Waals surface area contributed by atoms with Crippen molar-refractivity contribution in [2.24, 2.45) is 5.18 Å². The maximum absolute atomic E-state index is 10.8. The molecule has 1 N–H and O–H groups in total. The van der Waals surface area contributed by atoms with Crippen LogP contribution in [-0.2, 0) is 9.53 Å². The molecular formula is C7H11NO4. The quantitative estimate of drug-likeness (QED) is 0.302. The average molecular weight is 173 g/mol. The number of rotatable bonds is 4. The molecule has 12 heavy (non-hydrogen) atoms. The molecule has 0 aliphatic carbocycles. The largest absolute Gasteiger partial charge is 0.510 e. The molecule has 5 heteroatoms. The highest BCUT2D eigenvalue weighted by Gasteiger charge is 2.14. The molecule has 0 aromatic carbocycles. The van der Waals surface area contributed by atoms with E-state index in [4.69, 9.17) is 5.11 Å². The van der Waals surface area contributed by atoms with E-state index in [9.17, 15) is 9.70 Å². The molecule has 0 unspecified atom stereocenters. The van der Waals surface area contributed by atoms with Crippen LogP contribution in [0.25, 0.3) is 0 Å². The predicted molar refractivity (Wildman–Crippen MR) is 42.4 cm³/mol. The van der Waals surface area contributed by atoms with Crippen molar-refractivity contribution in [2.75, 3.05) is 6.61 Å². The molecule has 0 aromatic rings. The van der Waals surface area contributed by atoms with Gasteiger partial charge in [0.15, 0.2) is 0 Å². The topological polar surface area (TPSA) is 76.0 Å². The van der Waals surface area contributed by atoms with Crippen LogP contribution in [0, 0.1) is 4.91 Å². The summed E-state index contributed by atoms with van der Waals surface area (Å²) in [7, 11) is 0. The first kappa shape index (κ1) is 10.6.